The van der Waals surface area contributed by atoms with Crippen molar-refractivity contribution in [2.75, 3.05) is 25.0 Å². The molecule has 0 radical (unpaired) electrons. The van der Waals surface area contributed by atoms with E-state index in [4.69, 9.17) is 9.84 Å². The molecule has 0 unspecified atom stereocenters. The maximum Gasteiger partial charge on any atom is 0.354 e. The Hall–Kier alpha value is -1.58. The fraction of sp³-hybridized carbons (Fsp3) is 0.444. The summed E-state index contributed by atoms with van der Waals surface area (Å²) >= 11 is 0. The van der Waals surface area contributed by atoms with Gasteiger partial charge in [0.2, 0.25) is 0 Å². The highest BCUT2D eigenvalue weighted by atomic mass is 32.2. The molecule has 4 N–H and O–H groups in total. The van der Waals surface area contributed by atoms with Gasteiger partial charge in [-0.2, -0.15) is 13.1 Å². The molecule has 0 aliphatic rings. The van der Waals surface area contributed by atoms with Crippen molar-refractivity contribution < 1.29 is 23.1 Å². The SMILES string of the molecule is COCCNS(=O)(=O)Nc1cc(C)[nH]c1C(=O)O. The van der Waals surface area contributed by atoms with E-state index in [2.05, 4.69) is 14.4 Å². The number of H-pyrrole nitrogens is 1. The summed E-state index contributed by atoms with van der Waals surface area (Å²) in [5, 5.41) is 8.88. The lowest BCUT2D eigenvalue weighted by molar-refractivity contribution is 0.0692. The first-order valence-corrected chi connectivity index (χ1v) is 6.53. The summed E-state index contributed by atoms with van der Waals surface area (Å²) in [4.78, 5) is 13.4. The Balaban J connectivity index is 2.80. The third kappa shape index (κ3) is 4.02. The van der Waals surface area contributed by atoms with E-state index in [1.807, 2.05) is 0 Å². The van der Waals surface area contributed by atoms with Crippen LogP contribution in [0.15, 0.2) is 6.07 Å². The van der Waals surface area contributed by atoms with Gasteiger partial charge in [-0.3, -0.25) is 4.72 Å². The van der Waals surface area contributed by atoms with Crippen LogP contribution >= 0.6 is 0 Å². The van der Waals surface area contributed by atoms with Crippen molar-refractivity contribution in [2.45, 2.75) is 6.92 Å². The maximum atomic E-state index is 11.6. The Kier molecular flexibility index (Phi) is 4.70. The lowest BCUT2D eigenvalue weighted by atomic mass is 10.4. The summed E-state index contributed by atoms with van der Waals surface area (Å²) in [5.74, 6) is -1.24. The molecule has 0 atom stereocenters. The average Bonchev–Trinajstić information content (AvgIpc) is 2.58. The number of carboxylic acid groups (broad SMARTS) is 1. The van der Waals surface area contributed by atoms with Gasteiger partial charge < -0.3 is 14.8 Å². The molecular weight excluding hydrogens is 262 g/mol. The highest BCUT2D eigenvalue weighted by Gasteiger charge is 2.18. The van der Waals surface area contributed by atoms with Crippen molar-refractivity contribution in [1.82, 2.24) is 9.71 Å². The second kappa shape index (κ2) is 5.85. The van der Waals surface area contributed by atoms with Gasteiger partial charge >= 0.3 is 5.97 Å². The number of carbonyl (C=O) groups is 1. The van der Waals surface area contributed by atoms with E-state index in [0.717, 1.165) is 0 Å². The molecule has 8 nitrogen and oxygen atoms in total. The Morgan fingerprint density at radius 1 is 1.56 bits per heavy atom. The number of carboxylic acids is 1. The number of hydrogen-bond acceptors (Lipinski definition) is 4. The third-order valence-electron chi connectivity index (χ3n) is 2.01. The molecule has 0 amide bonds. The van der Waals surface area contributed by atoms with Gasteiger partial charge in [-0.15, -0.1) is 0 Å². The minimum atomic E-state index is -3.81. The van der Waals surface area contributed by atoms with Crippen LogP contribution in [0, 0.1) is 6.92 Å². The van der Waals surface area contributed by atoms with Gasteiger partial charge in [-0.25, -0.2) is 4.79 Å². The zero-order valence-electron chi connectivity index (χ0n) is 9.98. The first-order valence-electron chi connectivity index (χ1n) is 5.05. The minimum Gasteiger partial charge on any atom is -0.477 e. The molecule has 0 fully saturated rings. The van der Waals surface area contributed by atoms with Crippen LogP contribution in [0.3, 0.4) is 0 Å². The molecule has 0 aliphatic heterocycles. The monoisotopic (exact) mass is 277 g/mol. The van der Waals surface area contributed by atoms with Crippen LogP contribution in [0.4, 0.5) is 5.69 Å². The number of rotatable bonds is 7. The van der Waals surface area contributed by atoms with E-state index in [0.29, 0.717) is 5.69 Å². The number of hydrogen-bond donors (Lipinski definition) is 4. The normalized spacial score (nSPS) is 11.4. The Morgan fingerprint density at radius 2 is 2.22 bits per heavy atom. The van der Waals surface area contributed by atoms with Gasteiger partial charge in [0.15, 0.2) is 0 Å². The summed E-state index contributed by atoms with van der Waals surface area (Å²) < 4.78 is 32.2. The molecule has 1 aromatic heterocycles. The Bertz CT molecular complexity index is 522. The minimum absolute atomic E-state index is 0.00934. The molecular formula is C9H15N3O5S. The van der Waals surface area contributed by atoms with Gasteiger partial charge in [0, 0.05) is 19.3 Å². The first-order chi connectivity index (χ1) is 8.35. The summed E-state index contributed by atoms with van der Waals surface area (Å²) in [6.45, 7) is 1.94. The number of anilines is 1. The number of nitrogens with one attached hydrogen (secondary N) is 3. The van der Waals surface area contributed by atoms with E-state index < -0.39 is 16.2 Å². The van der Waals surface area contributed by atoms with Crippen LogP contribution in [0.2, 0.25) is 0 Å². The molecule has 1 aromatic rings. The Labute approximate surface area is 105 Å². The zero-order chi connectivity index (χ0) is 13.8. The number of aromatic carboxylic acids is 1. The third-order valence-corrected chi connectivity index (χ3v) is 3.08. The maximum absolute atomic E-state index is 11.6. The van der Waals surface area contributed by atoms with E-state index in [1.54, 1.807) is 6.92 Å². The van der Waals surface area contributed by atoms with Crippen molar-refractivity contribution in [3.05, 3.63) is 17.5 Å². The highest BCUT2D eigenvalue weighted by molar-refractivity contribution is 7.90. The number of methoxy groups -OCH3 is 1. The van der Waals surface area contributed by atoms with Crippen LogP contribution in [-0.2, 0) is 14.9 Å². The summed E-state index contributed by atoms with van der Waals surface area (Å²) in [6, 6.07) is 1.40. The molecule has 1 heterocycles. The fourth-order valence-electron chi connectivity index (χ4n) is 1.30. The smallest absolute Gasteiger partial charge is 0.354 e. The van der Waals surface area contributed by atoms with Crippen molar-refractivity contribution in [3.8, 4) is 0 Å². The van der Waals surface area contributed by atoms with Crippen molar-refractivity contribution in [1.29, 1.82) is 0 Å². The van der Waals surface area contributed by atoms with Gasteiger partial charge in [-0.05, 0) is 13.0 Å². The molecule has 0 saturated carbocycles. The molecule has 0 aromatic carbocycles. The number of aryl methyl sites for hydroxylation is 1. The average molecular weight is 277 g/mol. The number of aromatic amines is 1. The van der Waals surface area contributed by atoms with Crippen LogP contribution in [0.1, 0.15) is 16.2 Å². The molecule has 0 aliphatic carbocycles. The highest BCUT2D eigenvalue weighted by Crippen LogP contribution is 2.17. The van der Waals surface area contributed by atoms with Crippen LogP contribution < -0.4 is 9.44 Å². The number of ether oxygens (including phenoxy) is 1. The largest absolute Gasteiger partial charge is 0.477 e. The van der Waals surface area contributed by atoms with Gasteiger partial charge in [0.1, 0.15) is 5.69 Å². The molecule has 0 bridgehead atoms. The molecule has 9 heteroatoms. The summed E-state index contributed by atoms with van der Waals surface area (Å²) in [6.07, 6.45) is 0. The molecule has 1 rings (SSSR count). The zero-order valence-corrected chi connectivity index (χ0v) is 10.8. The van der Waals surface area contributed by atoms with Crippen LogP contribution in [0.5, 0.6) is 0 Å². The van der Waals surface area contributed by atoms with Crippen LogP contribution in [-0.4, -0.2) is 44.7 Å². The molecule has 0 spiro atoms. The van der Waals surface area contributed by atoms with Crippen molar-refractivity contribution in [2.24, 2.45) is 0 Å². The summed E-state index contributed by atoms with van der Waals surface area (Å²) in [5.41, 5.74) is 0.330. The topological polar surface area (TPSA) is 121 Å². The first kappa shape index (κ1) is 14.5. The fourth-order valence-corrected chi connectivity index (χ4v) is 2.17. The number of aromatic nitrogens is 1. The van der Waals surface area contributed by atoms with E-state index >= 15 is 0 Å². The molecule has 102 valence electrons. The lowest BCUT2D eigenvalue weighted by Crippen LogP contribution is -2.32. The predicted octanol–water partition coefficient (Wildman–Crippen LogP) is -0.0860. The quantitative estimate of drug-likeness (QED) is 0.519. The second-order valence-electron chi connectivity index (χ2n) is 3.54. The van der Waals surface area contributed by atoms with Crippen molar-refractivity contribution >= 4 is 21.9 Å². The van der Waals surface area contributed by atoms with Gasteiger partial charge in [0.25, 0.3) is 10.2 Å². The van der Waals surface area contributed by atoms with Crippen LogP contribution in [0.25, 0.3) is 0 Å². The molecule has 18 heavy (non-hydrogen) atoms. The van der Waals surface area contributed by atoms with Gasteiger partial charge in [0.05, 0.1) is 12.3 Å². The Morgan fingerprint density at radius 3 is 2.78 bits per heavy atom. The van der Waals surface area contributed by atoms with Crippen molar-refractivity contribution in [3.63, 3.8) is 0 Å². The molecule has 0 saturated heterocycles. The van der Waals surface area contributed by atoms with E-state index in [1.165, 1.54) is 13.2 Å². The van der Waals surface area contributed by atoms with Gasteiger partial charge in [-0.1, -0.05) is 0 Å². The lowest BCUT2D eigenvalue weighted by Gasteiger charge is -2.08. The predicted molar refractivity (Wildman–Crippen MR) is 64.9 cm³/mol. The van der Waals surface area contributed by atoms with E-state index in [-0.39, 0.29) is 24.5 Å². The second-order valence-corrected chi connectivity index (χ2v) is 5.04. The summed E-state index contributed by atoms with van der Waals surface area (Å²) in [7, 11) is -2.37. The van der Waals surface area contributed by atoms with E-state index in [9.17, 15) is 13.2 Å². The standard InChI is InChI=1S/C9H15N3O5S/c1-6-5-7(8(11-6)9(13)14)12-18(15,16)10-3-4-17-2/h5,10-12H,3-4H2,1-2H3,(H,13,14).